The summed E-state index contributed by atoms with van der Waals surface area (Å²) in [5, 5.41) is 21.9. The van der Waals surface area contributed by atoms with Gasteiger partial charge in [-0.1, -0.05) is 0 Å². The van der Waals surface area contributed by atoms with Gasteiger partial charge in [-0.05, 0) is 19.3 Å². The van der Waals surface area contributed by atoms with Gasteiger partial charge in [0, 0.05) is 12.1 Å². The highest BCUT2D eigenvalue weighted by Gasteiger charge is 2.39. The number of piperidine rings is 1. The van der Waals surface area contributed by atoms with E-state index in [4.69, 9.17) is 0 Å². The first-order valence-electron chi connectivity index (χ1n) is 3.89. The van der Waals surface area contributed by atoms with Crippen LogP contribution in [0.2, 0.25) is 0 Å². The molecule has 0 saturated carbocycles. The zero-order valence-corrected chi connectivity index (χ0v) is 5.83. The van der Waals surface area contributed by atoms with Gasteiger partial charge in [0.05, 0.1) is 12.2 Å². The van der Waals surface area contributed by atoms with Crippen molar-refractivity contribution in [2.45, 2.75) is 43.6 Å². The Balaban J connectivity index is 2.09. The van der Waals surface area contributed by atoms with Crippen LogP contribution < -0.4 is 5.32 Å². The summed E-state index contributed by atoms with van der Waals surface area (Å²) < 4.78 is 0. The molecular formula is C7H13NO2. The van der Waals surface area contributed by atoms with Crippen LogP contribution in [0.15, 0.2) is 0 Å². The molecule has 4 atom stereocenters. The third-order valence-electron chi connectivity index (χ3n) is 2.61. The van der Waals surface area contributed by atoms with Gasteiger partial charge in [0.2, 0.25) is 0 Å². The van der Waals surface area contributed by atoms with Gasteiger partial charge in [-0.15, -0.1) is 0 Å². The summed E-state index contributed by atoms with van der Waals surface area (Å²) in [7, 11) is 0. The fourth-order valence-corrected chi connectivity index (χ4v) is 2.00. The Morgan fingerprint density at radius 1 is 1.20 bits per heavy atom. The van der Waals surface area contributed by atoms with Crippen molar-refractivity contribution in [3.63, 3.8) is 0 Å². The molecule has 2 bridgehead atoms. The largest absolute Gasteiger partial charge is 0.390 e. The van der Waals surface area contributed by atoms with Crippen molar-refractivity contribution < 1.29 is 10.2 Å². The first kappa shape index (κ1) is 6.58. The lowest BCUT2D eigenvalue weighted by Crippen LogP contribution is -2.51. The van der Waals surface area contributed by atoms with Gasteiger partial charge < -0.3 is 15.5 Å². The van der Waals surface area contributed by atoms with Crippen LogP contribution in [0.25, 0.3) is 0 Å². The monoisotopic (exact) mass is 143 g/mol. The first-order valence-corrected chi connectivity index (χ1v) is 3.89. The molecule has 2 rings (SSSR count). The summed E-state index contributed by atoms with van der Waals surface area (Å²) in [6.45, 7) is 0. The quantitative estimate of drug-likeness (QED) is 0.417. The third-order valence-corrected chi connectivity index (χ3v) is 2.61. The van der Waals surface area contributed by atoms with E-state index in [9.17, 15) is 10.2 Å². The predicted octanol–water partition coefficient (Wildman–Crippen LogP) is -0.768. The minimum absolute atomic E-state index is 0.161. The molecule has 10 heavy (non-hydrogen) atoms. The second kappa shape index (κ2) is 2.19. The van der Waals surface area contributed by atoms with Gasteiger partial charge in [0.15, 0.2) is 0 Å². The van der Waals surface area contributed by atoms with E-state index in [-0.39, 0.29) is 6.04 Å². The lowest BCUT2D eigenvalue weighted by atomic mass is 10.00. The fraction of sp³-hybridized carbons (Fsp3) is 1.00. The Bertz CT molecular complexity index is 140. The highest BCUT2D eigenvalue weighted by molar-refractivity contribution is 4.97. The molecule has 2 heterocycles. The van der Waals surface area contributed by atoms with E-state index >= 15 is 0 Å². The number of fused-ring (bicyclic) bond motifs is 2. The van der Waals surface area contributed by atoms with Crippen LogP contribution >= 0.6 is 0 Å². The fourth-order valence-electron chi connectivity index (χ4n) is 2.00. The van der Waals surface area contributed by atoms with Crippen molar-refractivity contribution in [2.75, 3.05) is 0 Å². The summed E-state index contributed by atoms with van der Waals surface area (Å²) in [6.07, 6.45) is 1.83. The molecule has 2 aliphatic rings. The lowest BCUT2D eigenvalue weighted by Gasteiger charge is -2.30. The standard InChI is InChI=1S/C7H13NO2/c9-6-3-4-1-2-5(8-4)7(6)10/h4-10H,1-3H2/t4?,5?,6-,7-/m0/s1. The molecule has 3 nitrogen and oxygen atoms in total. The number of hydrogen-bond acceptors (Lipinski definition) is 3. The molecule has 0 aromatic rings. The minimum Gasteiger partial charge on any atom is -0.390 e. The summed E-state index contributed by atoms with van der Waals surface area (Å²) in [5.41, 5.74) is 0. The maximum atomic E-state index is 9.35. The average Bonchev–Trinajstić information content (AvgIpc) is 2.29. The number of rotatable bonds is 0. The van der Waals surface area contributed by atoms with E-state index in [1.54, 1.807) is 0 Å². The van der Waals surface area contributed by atoms with Crippen LogP contribution in [-0.4, -0.2) is 34.5 Å². The Hall–Kier alpha value is -0.120. The lowest BCUT2D eigenvalue weighted by molar-refractivity contribution is -0.0237. The zero-order chi connectivity index (χ0) is 7.14. The van der Waals surface area contributed by atoms with E-state index in [0.29, 0.717) is 6.04 Å². The van der Waals surface area contributed by atoms with Crippen molar-refractivity contribution in [1.82, 2.24) is 5.32 Å². The van der Waals surface area contributed by atoms with Crippen LogP contribution in [0, 0.1) is 0 Å². The molecule has 2 aliphatic heterocycles. The second-order valence-electron chi connectivity index (χ2n) is 3.34. The summed E-state index contributed by atoms with van der Waals surface area (Å²) in [5.74, 6) is 0. The Kier molecular flexibility index (Phi) is 1.44. The molecule has 58 valence electrons. The zero-order valence-electron chi connectivity index (χ0n) is 5.83. The van der Waals surface area contributed by atoms with Gasteiger partial charge in [0.25, 0.3) is 0 Å². The molecule has 0 amide bonds. The maximum absolute atomic E-state index is 9.35. The van der Waals surface area contributed by atoms with E-state index in [0.717, 1.165) is 19.3 Å². The summed E-state index contributed by atoms with van der Waals surface area (Å²) in [4.78, 5) is 0. The Morgan fingerprint density at radius 3 is 2.80 bits per heavy atom. The van der Waals surface area contributed by atoms with Crippen LogP contribution in [0.1, 0.15) is 19.3 Å². The molecule has 2 saturated heterocycles. The average molecular weight is 143 g/mol. The highest BCUT2D eigenvalue weighted by atomic mass is 16.3. The van der Waals surface area contributed by atoms with Crippen molar-refractivity contribution in [2.24, 2.45) is 0 Å². The number of aliphatic hydroxyl groups excluding tert-OH is 2. The van der Waals surface area contributed by atoms with Crippen LogP contribution in [0.4, 0.5) is 0 Å². The van der Waals surface area contributed by atoms with E-state index < -0.39 is 12.2 Å². The van der Waals surface area contributed by atoms with Crippen LogP contribution in [-0.2, 0) is 0 Å². The minimum atomic E-state index is -0.529. The Morgan fingerprint density at radius 2 is 2.00 bits per heavy atom. The van der Waals surface area contributed by atoms with Gasteiger partial charge in [-0.2, -0.15) is 0 Å². The van der Waals surface area contributed by atoms with Gasteiger partial charge >= 0.3 is 0 Å². The maximum Gasteiger partial charge on any atom is 0.0952 e. The van der Waals surface area contributed by atoms with Crippen molar-refractivity contribution in [1.29, 1.82) is 0 Å². The van der Waals surface area contributed by atoms with E-state index in [2.05, 4.69) is 5.32 Å². The van der Waals surface area contributed by atoms with Crippen LogP contribution in [0.5, 0.6) is 0 Å². The number of hydrogen-bond donors (Lipinski definition) is 3. The molecule has 3 heteroatoms. The Labute approximate surface area is 60.1 Å². The smallest absolute Gasteiger partial charge is 0.0952 e. The molecule has 2 fully saturated rings. The van der Waals surface area contributed by atoms with Crippen molar-refractivity contribution in [3.8, 4) is 0 Å². The summed E-state index contributed by atoms with van der Waals surface area (Å²) >= 11 is 0. The van der Waals surface area contributed by atoms with Gasteiger partial charge in [0.1, 0.15) is 0 Å². The topological polar surface area (TPSA) is 52.5 Å². The predicted molar refractivity (Wildman–Crippen MR) is 36.6 cm³/mol. The summed E-state index contributed by atoms with van der Waals surface area (Å²) in [6, 6.07) is 0.622. The molecular weight excluding hydrogens is 130 g/mol. The van der Waals surface area contributed by atoms with Gasteiger partial charge in [-0.25, -0.2) is 0 Å². The molecule has 0 aliphatic carbocycles. The number of nitrogens with one attached hydrogen (secondary N) is 1. The highest BCUT2D eigenvalue weighted by Crippen LogP contribution is 2.26. The number of aliphatic hydroxyl groups is 2. The van der Waals surface area contributed by atoms with Crippen LogP contribution in [0.3, 0.4) is 0 Å². The van der Waals surface area contributed by atoms with Crippen molar-refractivity contribution in [3.05, 3.63) is 0 Å². The molecule has 2 unspecified atom stereocenters. The van der Waals surface area contributed by atoms with E-state index in [1.807, 2.05) is 0 Å². The molecule has 0 aromatic carbocycles. The first-order chi connectivity index (χ1) is 4.77. The SMILES string of the molecule is O[C@H]1CC2CCC(N2)[C@@H]1O. The molecule has 0 spiro atoms. The normalized spacial score (nSPS) is 53.4. The third kappa shape index (κ3) is 0.856. The molecule has 0 aromatic heterocycles. The molecule has 0 radical (unpaired) electrons. The van der Waals surface area contributed by atoms with E-state index in [1.165, 1.54) is 0 Å². The van der Waals surface area contributed by atoms with Gasteiger partial charge in [-0.3, -0.25) is 0 Å². The van der Waals surface area contributed by atoms with Crippen molar-refractivity contribution >= 4 is 0 Å². The second-order valence-corrected chi connectivity index (χ2v) is 3.34. The molecule has 3 N–H and O–H groups in total.